The topological polar surface area (TPSA) is 84.9 Å². The number of aliphatic carboxylic acids is 1. The van der Waals surface area contributed by atoms with Gasteiger partial charge in [-0.1, -0.05) is 26.0 Å². The number of nitrogens with one attached hydrogen (secondary N) is 1. The maximum atomic E-state index is 12.4. The molecule has 1 saturated carbocycles. The molecule has 2 unspecified atom stereocenters. The van der Waals surface area contributed by atoms with Crippen LogP contribution in [0.15, 0.2) is 24.3 Å². The highest BCUT2D eigenvalue weighted by atomic mass is 19.4. The van der Waals surface area contributed by atoms with Crippen molar-refractivity contribution in [1.29, 1.82) is 0 Å². The molecular weight excluding hydrogens is 367 g/mol. The summed E-state index contributed by atoms with van der Waals surface area (Å²) < 4.78 is 46.3. The average molecular weight is 389 g/mol. The molecule has 6 nitrogen and oxygen atoms in total. The smallest absolute Gasteiger partial charge is 0.479 e. The largest absolute Gasteiger partial charge is 0.573 e. The first-order chi connectivity index (χ1) is 12.4. The molecule has 0 spiro atoms. The van der Waals surface area contributed by atoms with E-state index in [9.17, 15) is 27.9 Å². The van der Waals surface area contributed by atoms with Gasteiger partial charge in [-0.2, -0.15) is 0 Å². The number of carboxylic acid groups (broad SMARTS) is 1. The van der Waals surface area contributed by atoms with Gasteiger partial charge in [-0.3, -0.25) is 4.79 Å². The SMILES string of the molecule is CCOC1CC(NC(=O)Cc2cccc(OC(F)(F)F)c2)(C(=O)O)C1(C)C. The van der Waals surface area contributed by atoms with Gasteiger partial charge in [0.05, 0.1) is 12.5 Å². The van der Waals surface area contributed by atoms with Gasteiger partial charge in [-0.25, -0.2) is 4.79 Å². The molecule has 0 saturated heterocycles. The lowest BCUT2D eigenvalue weighted by atomic mass is 9.54. The van der Waals surface area contributed by atoms with E-state index in [0.717, 1.165) is 12.1 Å². The van der Waals surface area contributed by atoms with Crippen molar-refractivity contribution in [3.63, 3.8) is 0 Å². The lowest BCUT2D eigenvalue weighted by Gasteiger charge is -2.58. The molecule has 0 bridgehead atoms. The standard InChI is InChI=1S/C18H22F3NO5/c1-4-26-13-10-17(15(24)25,16(13,2)3)22-14(23)9-11-6-5-7-12(8-11)27-18(19,20)21/h5-8,13H,4,9-10H2,1-3H3,(H,22,23)(H,24,25). The summed E-state index contributed by atoms with van der Waals surface area (Å²) in [6.07, 6.45) is -5.31. The first-order valence-corrected chi connectivity index (χ1v) is 8.42. The lowest BCUT2D eigenvalue weighted by molar-refractivity contribution is -0.274. The van der Waals surface area contributed by atoms with Crippen LogP contribution in [0.2, 0.25) is 0 Å². The minimum Gasteiger partial charge on any atom is -0.479 e. The minimum atomic E-state index is -4.83. The molecule has 150 valence electrons. The molecule has 1 aromatic rings. The number of ether oxygens (including phenoxy) is 2. The highest BCUT2D eigenvalue weighted by Gasteiger charge is 2.66. The Labute approximate surface area is 154 Å². The number of hydrogen-bond acceptors (Lipinski definition) is 4. The van der Waals surface area contributed by atoms with E-state index < -0.39 is 34.9 Å². The highest BCUT2D eigenvalue weighted by molar-refractivity contribution is 5.90. The van der Waals surface area contributed by atoms with Crippen molar-refractivity contribution in [2.24, 2.45) is 5.41 Å². The maximum Gasteiger partial charge on any atom is 0.573 e. The van der Waals surface area contributed by atoms with Crippen LogP contribution >= 0.6 is 0 Å². The number of amides is 1. The van der Waals surface area contributed by atoms with E-state index in [1.165, 1.54) is 12.1 Å². The molecule has 1 aromatic carbocycles. The fourth-order valence-electron chi connectivity index (χ4n) is 3.36. The van der Waals surface area contributed by atoms with Crippen molar-refractivity contribution in [3.8, 4) is 5.75 Å². The second kappa shape index (κ2) is 7.38. The van der Waals surface area contributed by atoms with Crippen molar-refractivity contribution in [3.05, 3.63) is 29.8 Å². The Balaban J connectivity index is 2.10. The van der Waals surface area contributed by atoms with Crippen LogP contribution in [0, 0.1) is 5.41 Å². The maximum absolute atomic E-state index is 12.4. The van der Waals surface area contributed by atoms with Crippen LogP contribution in [-0.2, 0) is 20.7 Å². The van der Waals surface area contributed by atoms with Gasteiger partial charge in [0.1, 0.15) is 11.3 Å². The second-order valence-corrected chi connectivity index (χ2v) is 7.00. The third-order valence-corrected chi connectivity index (χ3v) is 4.98. The summed E-state index contributed by atoms with van der Waals surface area (Å²) in [5.41, 5.74) is -2.07. The third kappa shape index (κ3) is 4.35. The Hall–Kier alpha value is -2.29. The predicted octanol–water partition coefficient (Wildman–Crippen LogP) is 2.90. The summed E-state index contributed by atoms with van der Waals surface area (Å²) in [4.78, 5) is 24.2. The predicted molar refractivity (Wildman–Crippen MR) is 89.2 cm³/mol. The van der Waals surface area contributed by atoms with Crippen LogP contribution < -0.4 is 10.1 Å². The van der Waals surface area contributed by atoms with Gasteiger partial charge in [-0.05, 0) is 24.6 Å². The molecule has 0 radical (unpaired) electrons. The van der Waals surface area contributed by atoms with E-state index in [1.54, 1.807) is 20.8 Å². The van der Waals surface area contributed by atoms with Crippen LogP contribution in [0.5, 0.6) is 5.75 Å². The molecule has 1 amide bonds. The van der Waals surface area contributed by atoms with Crippen molar-refractivity contribution in [2.75, 3.05) is 6.61 Å². The molecule has 1 aliphatic carbocycles. The number of alkyl halides is 3. The van der Waals surface area contributed by atoms with Gasteiger partial charge in [0.25, 0.3) is 0 Å². The van der Waals surface area contributed by atoms with Crippen LogP contribution in [0.4, 0.5) is 13.2 Å². The quantitative estimate of drug-likeness (QED) is 0.749. The molecule has 2 atom stereocenters. The Morgan fingerprint density at radius 2 is 2.00 bits per heavy atom. The van der Waals surface area contributed by atoms with Crippen molar-refractivity contribution < 1.29 is 37.3 Å². The molecule has 27 heavy (non-hydrogen) atoms. The summed E-state index contributed by atoms with van der Waals surface area (Å²) in [5, 5.41) is 12.2. The van der Waals surface area contributed by atoms with Crippen LogP contribution in [0.25, 0.3) is 0 Å². The number of carboxylic acids is 1. The molecule has 1 aliphatic rings. The Bertz CT molecular complexity index is 719. The molecule has 2 rings (SSSR count). The van der Waals surface area contributed by atoms with Crippen molar-refractivity contribution in [2.45, 2.75) is 51.6 Å². The van der Waals surface area contributed by atoms with Gasteiger partial charge >= 0.3 is 12.3 Å². The van der Waals surface area contributed by atoms with Gasteiger partial charge in [0.2, 0.25) is 5.91 Å². The summed E-state index contributed by atoms with van der Waals surface area (Å²) in [5.74, 6) is -2.23. The highest BCUT2D eigenvalue weighted by Crippen LogP contribution is 2.51. The Morgan fingerprint density at radius 1 is 1.33 bits per heavy atom. The average Bonchev–Trinajstić information content (AvgIpc) is 2.52. The van der Waals surface area contributed by atoms with Crippen LogP contribution in [-0.4, -0.2) is 41.6 Å². The monoisotopic (exact) mass is 389 g/mol. The van der Waals surface area contributed by atoms with Crippen molar-refractivity contribution in [1.82, 2.24) is 5.32 Å². The third-order valence-electron chi connectivity index (χ3n) is 4.98. The molecule has 2 N–H and O–H groups in total. The number of carbonyl (C=O) groups excluding carboxylic acids is 1. The van der Waals surface area contributed by atoms with Crippen molar-refractivity contribution >= 4 is 11.9 Å². The van der Waals surface area contributed by atoms with Gasteiger partial charge < -0.3 is 19.9 Å². The van der Waals surface area contributed by atoms with Gasteiger partial charge in [0, 0.05) is 18.4 Å². The van der Waals surface area contributed by atoms with E-state index in [0.29, 0.717) is 6.61 Å². The molecular formula is C18H22F3NO5. The van der Waals surface area contributed by atoms with Crippen LogP contribution in [0.1, 0.15) is 32.8 Å². The zero-order valence-corrected chi connectivity index (χ0v) is 15.2. The molecule has 9 heteroatoms. The molecule has 0 aromatic heterocycles. The number of hydrogen-bond donors (Lipinski definition) is 2. The van der Waals surface area contributed by atoms with E-state index in [4.69, 9.17) is 4.74 Å². The fourth-order valence-corrected chi connectivity index (χ4v) is 3.36. The first-order valence-electron chi connectivity index (χ1n) is 8.42. The Morgan fingerprint density at radius 3 is 2.52 bits per heavy atom. The number of halogens is 3. The lowest BCUT2D eigenvalue weighted by Crippen LogP contribution is -2.76. The Kier molecular flexibility index (Phi) is 5.74. The summed E-state index contributed by atoms with van der Waals surface area (Å²) in [7, 11) is 0. The number of benzene rings is 1. The first kappa shape index (κ1) is 21.0. The fraction of sp³-hybridized carbons (Fsp3) is 0.556. The number of rotatable bonds is 7. The van der Waals surface area contributed by atoms with E-state index in [-0.39, 0.29) is 24.5 Å². The number of carbonyl (C=O) groups is 2. The molecule has 1 fully saturated rings. The normalized spacial score (nSPS) is 24.0. The molecule has 0 aliphatic heterocycles. The molecule has 0 heterocycles. The van der Waals surface area contributed by atoms with Gasteiger partial charge in [-0.15, -0.1) is 13.2 Å². The van der Waals surface area contributed by atoms with Crippen LogP contribution in [0.3, 0.4) is 0 Å². The van der Waals surface area contributed by atoms with E-state index in [2.05, 4.69) is 10.1 Å². The summed E-state index contributed by atoms with van der Waals surface area (Å²) >= 11 is 0. The zero-order valence-electron chi connectivity index (χ0n) is 15.2. The van der Waals surface area contributed by atoms with E-state index in [1.807, 2.05) is 0 Å². The van der Waals surface area contributed by atoms with E-state index >= 15 is 0 Å². The minimum absolute atomic E-state index is 0.117. The summed E-state index contributed by atoms with van der Waals surface area (Å²) in [6, 6.07) is 5.00. The van der Waals surface area contributed by atoms with Gasteiger partial charge in [0.15, 0.2) is 0 Å². The zero-order chi connectivity index (χ0) is 20.5. The second-order valence-electron chi connectivity index (χ2n) is 7.00. The summed E-state index contributed by atoms with van der Waals surface area (Å²) in [6.45, 7) is 5.61.